The molecule has 0 N–H and O–H groups in total. The summed E-state index contributed by atoms with van der Waals surface area (Å²) in [5.74, 6) is -0.214. The highest BCUT2D eigenvalue weighted by Crippen LogP contribution is 2.06. The van der Waals surface area contributed by atoms with Crippen molar-refractivity contribution in [2.45, 2.75) is 20.4 Å². The monoisotopic (exact) mass is 332 g/mol. The van der Waals surface area contributed by atoms with Crippen LogP contribution >= 0.6 is 0 Å². The predicted octanol–water partition coefficient (Wildman–Crippen LogP) is 0.329. The zero-order valence-corrected chi connectivity index (χ0v) is 13.8. The maximum Gasteiger partial charge on any atom is 0.409 e. The van der Waals surface area contributed by atoms with Gasteiger partial charge in [-0.15, -0.1) is 0 Å². The number of nitriles is 1. The minimum absolute atomic E-state index is 0.0532. The molecule has 2 amide bonds. The largest absolute Gasteiger partial charge is 0.450 e. The zero-order valence-electron chi connectivity index (χ0n) is 13.8. The van der Waals surface area contributed by atoms with Crippen LogP contribution in [-0.2, 0) is 16.1 Å². The molecule has 0 radical (unpaired) electrons. The summed E-state index contributed by atoms with van der Waals surface area (Å²) in [6.45, 7) is 5.20. The Morgan fingerprint density at radius 3 is 2.46 bits per heavy atom. The number of piperazine rings is 1. The molecule has 1 aromatic heterocycles. The Hall–Kier alpha value is -2.82. The number of aromatic nitrogens is 1. The maximum absolute atomic E-state index is 12.4. The molecule has 24 heavy (non-hydrogen) atoms. The van der Waals surface area contributed by atoms with Crippen LogP contribution in [0.4, 0.5) is 4.79 Å². The lowest BCUT2D eigenvalue weighted by molar-refractivity contribution is -0.133. The van der Waals surface area contributed by atoms with E-state index in [1.165, 1.54) is 10.8 Å². The van der Waals surface area contributed by atoms with E-state index in [1.54, 1.807) is 29.7 Å². The Morgan fingerprint density at radius 1 is 1.25 bits per heavy atom. The van der Waals surface area contributed by atoms with Gasteiger partial charge in [0.2, 0.25) is 5.91 Å². The molecule has 128 valence electrons. The summed E-state index contributed by atoms with van der Waals surface area (Å²) < 4.78 is 6.17. The Morgan fingerprint density at radius 2 is 1.88 bits per heavy atom. The molecule has 1 fully saturated rings. The van der Waals surface area contributed by atoms with E-state index in [9.17, 15) is 14.4 Å². The van der Waals surface area contributed by atoms with Crippen LogP contribution in [-0.4, -0.2) is 59.2 Å². The second kappa shape index (κ2) is 7.64. The van der Waals surface area contributed by atoms with Gasteiger partial charge in [0.25, 0.3) is 5.56 Å². The number of amides is 2. The van der Waals surface area contributed by atoms with Crippen molar-refractivity contribution in [3.05, 3.63) is 33.7 Å². The fourth-order valence-electron chi connectivity index (χ4n) is 2.52. The highest BCUT2D eigenvalue weighted by atomic mass is 16.6. The van der Waals surface area contributed by atoms with Gasteiger partial charge < -0.3 is 19.1 Å². The van der Waals surface area contributed by atoms with Crippen molar-refractivity contribution < 1.29 is 14.3 Å². The van der Waals surface area contributed by atoms with E-state index in [1.807, 2.05) is 6.07 Å². The smallest absolute Gasteiger partial charge is 0.409 e. The van der Waals surface area contributed by atoms with Gasteiger partial charge in [-0.25, -0.2) is 4.79 Å². The van der Waals surface area contributed by atoms with Gasteiger partial charge in [-0.1, -0.05) is 0 Å². The fourth-order valence-corrected chi connectivity index (χ4v) is 2.52. The van der Waals surface area contributed by atoms with E-state index in [2.05, 4.69) is 0 Å². The molecule has 0 aromatic carbocycles. The number of carbonyl (C=O) groups excluding carboxylic acids is 2. The Kier molecular flexibility index (Phi) is 5.58. The number of rotatable bonds is 3. The molecule has 1 aliphatic rings. The topological polar surface area (TPSA) is 95.6 Å². The van der Waals surface area contributed by atoms with Gasteiger partial charge in [0.05, 0.1) is 6.61 Å². The zero-order chi connectivity index (χ0) is 17.7. The number of aryl methyl sites for hydroxylation is 1. The molecule has 1 saturated heterocycles. The van der Waals surface area contributed by atoms with E-state index >= 15 is 0 Å². The third-order valence-electron chi connectivity index (χ3n) is 3.95. The molecular formula is C16H20N4O4. The average molecular weight is 332 g/mol. The lowest BCUT2D eigenvalue weighted by atomic mass is 10.2. The number of ether oxygens (including phenoxy) is 1. The first kappa shape index (κ1) is 17.5. The number of hydrogen-bond acceptors (Lipinski definition) is 5. The molecule has 0 aliphatic carbocycles. The SMILES string of the molecule is CCOC(=O)N1CCN(C(=O)Cn2ccc(C)c(C#N)c2=O)CC1. The van der Waals surface area contributed by atoms with Crippen molar-refractivity contribution in [1.29, 1.82) is 5.26 Å². The third kappa shape index (κ3) is 3.74. The van der Waals surface area contributed by atoms with E-state index in [-0.39, 0.29) is 24.1 Å². The molecule has 1 aromatic rings. The van der Waals surface area contributed by atoms with Gasteiger partial charge in [-0.2, -0.15) is 5.26 Å². The van der Waals surface area contributed by atoms with Crippen LogP contribution in [0.15, 0.2) is 17.1 Å². The summed E-state index contributed by atoms with van der Waals surface area (Å²) >= 11 is 0. The van der Waals surface area contributed by atoms with Crippen LogP contribution < -0.4 is 5.56 Å². The minimum atomic E-state index is -0.462. The molecule has 8 nitrogen and oxygen atoms in total. The summed E-state index contributed by atoms with van der Waals surface area (Å²) in [4.78, 5) is 39.3. The summed E-state index contributed by atoms with van der Waals surface area (Å²) in [5, 5.41) is 9.02. The van der Waals surface area contributed by atoms with Gasteiger partial charge in [-0.3, -0.25) is 9.59 Å². The van der Waals surface area contributed by atoms with Gasteiger partial charge >= 0.3 is 6.09 Å². The van der Waals surface area contributed by atoms with Crippen LogP contribution in [0.3, 0.4) is 0 Å². The van der Waals surface area contributed by atoms with Crippen molar-refractivity contribution in [1.82, 2.24) is 14.4 Å². The number of pyridine rings is 1. The summed E-state index contributed by atoms with van der Waals surface area (Å²) in [7, 11) is 0. The Labute approximate surface area is 139 Å². The number of carbonyl (C=O) groups is 2. The van der Waals surface area contributed by atoms with Gasteiger partial charge in [0.1, 0.15) is 18.2 Å². The quantitative estimate of drug-likeness (QED) is 0.795. The normalized spacial score (nSPS) is 14.2. The molecule has 0 unspecified atom stereocenters. The van der Waals surface area contributed by atoms with E-state index < -0.39 is 5.56 Å². The van der Waals surface area contributed by atoms with E-state index in [0.717, 1.165) is 0 Å². The maximum atomic E-state index is 12.4. The van der Waals surface area contributed by atoms with Gasteiger partial charge in [0, 0.05) is 32.4 Å². The molecule has 8 heteroatoms. The summed E-state index contributed by atoms with van der Waals surface area (Å²) in [5.41, 5.74) is 0.183. The first-order valence-corrected chi connectivity index (χ1v) is 7.77. The van der Waals surface area contributed by atoms with Crippen LogP contribution in [0.1, 0.15) is 18.1 Å². The predicted molar refractivity (Wildman–Crippen MR) is 85.3 cm³/mol. The lowest BCUT2D eigenvalue weighted by Crippen LogP contribution is -2.51. The Balaban J connectivity index is 1.99. The molecule has 0 bridgehead atoms. The minimum Gasteiger partial charge on any atom is -0.450 e. The first-order valence-electron chi connectivity index (χ1n) is 7.77. The fraction of sp³-hybridized carbons (Fsp3) is 0.500. The van der Waals surface area contributed by atoms with Gasteiger partial charge in [-0.05, 0) is 25.5 Å². The molecule has 0 saturated carbocycles. The van der Waals surface area contributed by atoms with Crippen molar-refractivity contribution in [3.63, 3.8) is 0 Å². The lowest BCUT2D eigenvalue weighted by Gasteiger charge is -2.34. The second-order valence-electron chi connectivity index (χ2n) is 5.49. The van der Waals surface area contributed by atoms with Crippen LogP contribution in [0.25, 0.3) is 0 Å². The van der Waals surface area contributed by atoms with Crippen molar-refractivity contribution in [2.24, 2.45) is 0 Å². The Bertz CT molecular complexity index is 727. The van der Waals surface area contributed by atoms with Crippen LogP contribution in [0.2, 0.25) is 0 Å². The van der Waals surface area contributed by atoms with Crippen molar-refractivity contribution in [3.8, 4) is 6.07 Å². The highest BCUT2D eigenvalue weighted by molar-refractivity contribution is 5.76. The molecule has 0 spiro atoms. The van der Waals surface area contributed by atoms with Crippen LogP contribution in [0.5, 0.6) is 0 Å². The highest BCUT2D eigenvalue weighted by Gasteiger charge is 2.25. The summed E-state index contributed by atoms with van der Waals surface area (Å²) in [6.07, 6.45) is 1.14. The molecule has 2 rings (SSSR count). The molecule has 0 atom stereocenters. The van der Waals surface area contributed by atoms with E-state index in [4.69, 9.17) is 10.00 Å². The van der Waals surface area contributed by atoms with Gasteiger partial charge in [0.15, 0.2) is 0 Å². The number of hydrogen-bond donors (Lipinski definition) is 0. The second-order valence-corrected chi connectivity index (χ2v) is 5.49. The molecular weight excluding hydrogens is 312 g/mol. The molecule has 1 aliphatic heterocycles. The summed E-state index contributed by atoms with van der Waals surface area (Å²) in [6, 6.07) is 3.52. The first-order chi connectivity index (χ1) is 11.5. The van der Waals surface area contributed by atoms with Crippen LogP contribution in [0, 0.1) is 18.3 Å². The number of nitrogens with zero attached hydrogens (tertiary/aromatic N) is 4. The molecule has 2 heterocycles. The van der Waals surface area contributed by atoms with Crippen molar-refractivity contribution >= 4 is 12.0 Å². The third-order valence-corrected chi connectivity index (χ3v) is 3.95. The van der Waals surface area contributed by atoms with Crippen molar-refractivity contribution in [2.75, 3.05) is 32.8 Å². The average Bonchev–Trinajstić information content (AvgIpc) is 2.58. The standard InChI is InChI=1S/C16H20N4O4/c1-3-24-16(23)19-8-6-18(7-9-19)14(21)11-20-5-4-12(2)13(10-17)15(20)22/h4-5H,3,6-9,11H2,1-2H3. The van der Waals surface area contributed by atoms with E-state index in [0.29, 0.717) is 38.3 Å².